The van der Waals surface area contributed by atoms with Gasteiger partial charge in [0.25, 0.3) is 0 Å². The van der Waals surface area contributed by atoms with Crippen LogP contribution in [0.15, 0.2) is 156 Å². The zero-order valence-corrected chi connectivity index (χ0v) is 50.9. The number of rotatable bonds is 16. The van der Waals surface area contributed by atoms with Gasteiger partial charge in [-0.3, -0.25) is 20.2 Å². The molecule has 0 unspecified atom stereocenters. The average molecular weight is 1210 g/mol. The minimum Gasteiger partial charge on any atom is -0.389 e. The van der Waals surface area contributed by atoms with Gasteiger partial charge >= 0.3 is 0 Å². The third-order valence-electron chi connectivity index (χ3n) is 15.8. The van der Waals surface area contributed by atoms with Crippen LogP contribution in [0.25, 0.3) is 77.3 Å². The molecule has 90 heavy (non-hydrogen) atoms. The summed E-state index contributed by atoms with van der Waals surface area (Å²) in [5.74, 6) is 2.42. The van der Waals surface area contributed by atoms with Crippen molar-refractivity contribution in [2.75, 3.05) is 70.4 Å². The number of benzene rings is 4. The van der Waals surface area contributed by atoms with E-state index in [9.17, 15) is 9.50 Å². The van der Waals surface area contributed by atoms with Gasteiger partial charge in [0.05, 0.1) is 58.7 Å². The molecule has 2 aliphatic heterocycles. The molecule has 20 nitrogen and oxygen atoms in total. The maximum atomic E-state index is 14.4. The molecule has 460 valence electrons. The predicted octanol–water partition coefficient (Wildman–Crippen LogP) is 13.1. The van der Waals surface area contributed by atoms with Crippen molar-refractivity contribution in [3.05, 3.63) is 169 Å². The molecule has 0 amide bonds. The summed E-state index contributed by atoms with van der Waals surface area (Å²) in [5.41, 5.74) is 38.9. The first-order valence-corrected chi connectivity index (χ1v) is 30.3. The lowest BCUT2D eigenvalue weighted by molar-refractivity contribution is 0.0945. The van der Waals surface area contributed by atoms with E-state index in [1.54, 1.807) is 50.5 Å². The first-order chi connectivity index (χ1) is 43.6. The fourth-order valence-electron chi connectivity index (χ4n) is 11.2. The summed E-state index contributed by atoms with van der Waals surface area (Å²) in [6.45, 7) is 11.4. The molecule has 1 fully saturated rings. The van der Waals surface area contributed by atoms with Gasteiger partial charge in [0, 0.05) is 136 Å². The number of unbranched alkanes of at least 4 members (excludes halogenated alkanes) is 1. The second kappa shape index (κ2) is 27.6. The van der Waals surface area contributed by atoms with Gasteiger partial charge in [0.1, 0.15) is 29.1 Å². The van der Waals surface area contributed by atoms with Crippen molar-refractivity contribution in [2.45, 2.75) is 78.0 Å². The summed E-state index contributed by atoms with van der Waals surface area (Å²) < 4.78 is 14.4. The Morgan fingerprint density at radius 1 is 0.600 bits per heavy atom. The van der Waals surface area contributed by atoms with Gasteiger partial charge in [0.15, 0.2) is 0 Å². The monoisotopic (exact) mass is 1210 g/mol. The van der Waals surface area contributed by atoms with Crippen LogP contribution in [0.4, 0.5) is 50.4 Å². The fraction of sp³-hybridized carbons (Fsp3) is 0.246. The molecule has 4 aromatic carbocycles. The van der Waals surface area contributed by atoms with Gasteiger partial charge < -0.3 is 54.3 Å². The van der Waals surface area contributed by atoms with Crippen LogP contribution in [0.2, 0.25) is 0 Å². The molecular formula is C69H76FN19O. The summed E-state index contributed by atoms with van der Waals surface area (Å²) in [6.07, 6.45) is 18.9. The van der Waals surface area contributed by atoms with Gasteiger partial charge in [-0.1, -0.05) is 56.7 Å². The lowest BCUT2D eigenvalue weighted by Gasteiger charge is -2.19. The Hall–Kier alpha value is -10.7. The summed E-state index contributed by atoms with van der Waals surface area (Å²) in [7, 11) is 0. The molecule has 7 aromatic heterocycles. The standard InChI is InChI=1S/C19H22N4.C17H16N6.C17H20N4O.C16H18FN5/c1-12-2-4-15(8-12)22-18-10-19(20)23-17-9-13(3-5-16(17)18)14-6-7-21-11-14;18-17-9-15(20-10-12-2-1-6-19-12)13-4-3-11(8-16(13)22-17)14-5-7-21-23-14;1-17(2,22)10-20-14-8-16(18)21-15-7-11(3-4-13(14)15)12-5-6-19-9-12;1-2-3-5-19-14-9-16(18)21-15-8-10(12(17)7-11(14)15)13-4-6-20-22-13/h3,5-7,9-10,12,15H,2,4,8,11H2,1H3,(H3,20,22,23);1-9,19H,10H2,(H,21,23)(H3,18,20,22);3-8,22H,9-10H2,1-2H3,(H3,18,20,21);4,6-9H,2-3,5H2,1H3,(H,20,22)(H3,18,19,21)/t12-,15-;;;/m0.../s1. The van der Waals surface area contributed by atoms with E-state index in [1.165, 1.54) is 42.0 Å². The number of nitrogens with one attached hydrogen (secondary N) is 7. The topological polar surface area (TPSA) is 322 Å². The van der Waals surface area contributed by atoms with Gasteiger partial charge in [-0.15, -0.1) is 0 Å². The number of nitrogens with two attached hydrogens (primary N) is 4. The lowest BCUT2D eigenvalue weighted by atomic mass is 10.0. The van der Waals surface area contributed by atoms with Crippen LogP contribution in [-0.4, -0.2) is 101 Å². The van der Waals surface area contributed by atoms with Gasteiger partial charge in [-0.2, -0.15) is 10.2 Å². The van der Waals surface area contributed by atoms with Gasteiger partial charge in [-0.25, -0.2) is 24.3 Å². The Bertz CT molecular complexity index is 4420. The number of fused-ring (bicyclic) bond motifs is 4. The number of pyridine rings is 4. The number of aromatic nitrogens is 9. The number of H-pyrrole nitrogens is 3. The molecular weight excluding hydrogens is 1130 g/mol. The Balaban J connectivity index is 0.000000124. The van der Waals surface area contributed by atoms with Crippen molar-refractivity contribution < 1.29 is 9.50 Å². The van der Waals surface area contributed by atoms with Crippen LogP contribution in [0.1, 0.15) is 76.6 Å². The first-order valence-electron chi connectivity index (χ1n) is 30.3. The van der Waals surface area contributed by atoms with Crippen LogP contribution < -0.4 is 44.2 Å². The molecule has 0 radical (unpaired) electrons. The molecule has 16 N–H and O–H groups in total. The molecule has 1 aliphatic carbocycles. The SMILES string of the molecule is CC(C)(O)CNc1cc(N)nc2cc(C3=CC=NC3)ccc12.CCCCNc1cc(N)nc2cc(-c3ccn[nH]3)c(F)cc12.C[C@H]1CC[C@H](Nc2cc(N)nc3cc(C4=CC=NC4)ccc23)C1.Nc1cc(NCc2ccc[nH]2)c2ccc(-c3ccn[nH]3)cc2n1. The molecule has 2 atom stereocenters. The molecule has 3 aliphatic rings. The minimum atomic E-state index is -0.795. The van der Waals surface area contributed by atoms with E-state index >= 15 is 0 Å². The molecule has 0 spiro atoms. The van der Waals surface area contributed by atoms with Crippen molar-refractivity contribution in [3.8, 4) is 22.5 Å². The van der Waals surface area contributed by atoms with Crippen LogP contribution >= 0.6 is 0 Å². The van der Waals surface area contributed by atoms with Gasteiger partial charge in [-0.05, 0) is 134 Å². The Kier molecular flexibility index (Phi) is 18.7. The predicted molar refractivity (Wildman–Crippen MR) is 369 cm³/mol. The Morgan fingerprint density at radius 2 is 1.13 bits per heavy atom. The van der Waals surface area contributed by atoms with Crippen molar-refractivity contribution in [3.63, 3.8) is 0 Å². The molecule has 0 bridgehead atoms. The maximum absolute atomic E-state index is 14.4. The average Bonchev–Trinajstić information content (AvgIpc) is 1.55. The minimum absolute atomic E-state index is 0.318. The van der Waals surface area contributed by atoms with E-state index in [2.05, 4.69) is 127 Å². The maximum Gasteiger partial charge on any atom is 0.133 e. The smallest absolute Gasteiger partial charge is 0.133 e. The number of allylic oxidation sites excluding steroid dienone is 2. The zero-order valence-electron chi connectivity index (χ0n) is 50.9. The van der Waals surface area contributed by atoms with Crippen molar-refractivity contribution >= 4 is 113 Å². The Morgan fingerprint density at radius 3 is 1.64 bits per heavy atom. The number of hydrogen-bond acceptors (Lipinski definition) is 17. The summed E-state index contributed by atoms with van der Waals surface area (Å²) in [5, 5.41) is 41.0. The van der Waals surface area contributed by atoms with E-state index in [-0.39, 0.29) is 5.82 Å². The molecule has 11 aromatic rings. The van der Waals surface area contributed by atoms with E-state index in [0.29, 0.717) is 65.7 Å². The number of aromatic amines is 3. The number of aliphatic imine (C=N–C) groups is 2. The number of halogens is 1. The van der Waals surface area contributed by atoms with E-state index in [1.807, 2.05) is 79.3 Å². The molecule has 9 heterocycles. The summed E-state index contributed by atoms with van der Waals surface area (Å²) >= 11 is 0. The second-order valence-corrected chi connectivity index (χ2v) is 23.5. The highest BCUT2D eigenvalue weighted by molar-refractivity contribution is 6.00. The normalized spacial score (nSPS) is 15.0. The quantitative estimate of drug-likeness (QED) is 0.0400. The van der Waals surface area contributed by atoms with Crippen molar-refractivity contribution in [1.29, 1.82) is 0 Å². The molecule has 0 saturated heterocycles. The van der Waals surface area contributed by atoms with Crippen LogP contribution in [0.3, 0.4) is 0 Å². The Labute approximate surface area is 521 Å². The third-order valence-corrected chi connectivity index (χ3v) is 15.8. The number of anilines is 8. The van der Waals surface area contributed by atoms with Crippen molar-refractivity contribution in [1.82, 2.24) is 45.3 Å². The van der Waals surface area contributed by atoms with E-state index < -0.39 is 5.60 Å². The summed E-state index contributed by atoms with van der Waals surface area (Å²) in [6, 6.07) is 37.4. The van der Waals surface area contributed by atoms with E-state index in [4.69, 9.17) is 22.9 Å². The molecule has 1 saturated carbocycles. The number of nitrogen functional groups attached to an aromatic ring is 4. The van der Waals surface area contributed by atoms with E-state index in [0.717, 1.165) is 115 Å². The number of nitrogens with zero attached hydrogens (tertiary/aromatic N) is 8. The fourth-order valence-corrected chi connectivity index (χ4v) is 11.2. The zero-order chi connectivity index (χ0) is 62.7. The van der Waals surface area contributed by atoms with Crippen molar-refractivity contribution in [2.24, 2.45) is 15.9 Å². The largest absolute Gasteiger partial charge is 0.389 e. The third kappa shape index (κ3) is 15.2. The number of aliphatic hydroxyl groups is 1. The van der Waals surface area contributed by atoms with Crippen LogP contribution in [0.5, 0.6) is 0 Å². The first kappa shape index (κ1) is 61.0. The lowest BCUT2D eigenvalue weighted by Crippen LogP contribution is -2.29. The highest BCUT2D eigenvalue weighted by Crippen LogP contribution is 2.35. The van der Waals surface area contributed by atoms with Crippen LogP contribution in [0, 0.1) is 11.7 Å². The molecule has 21 heteroatoms. The highest BCUT2D eigenvalue weighted by Gasteiger charge is 2.23. The highest BCUT2D eigenvalue weighted by atomic mass is 19.1. The molecule has 14 rings (SSSR count). The second-order valence-electron chi connectivity index (χ2n) is 23.5. The summed E-state index contributed by atoms with van der Waals surface area (Å²) in [4.78, 5) is 29.4. The van der Waals surface area contributed by atoms with Crippen LogP contribution in [-0.2, 0) is 6.54 Å². The number of hydrogen-bond donors (Lipinski definition) is 12. The van der Waals surface area contributed by atoms with Gasteiger partial charge in [0.2, 0.25) is 0 Å².